The van der Waals surface area contributed by atoms with Crippen molar-refractivity contribution >= 4 is 34.5 Å². The van der Waals surface area contributed by atoms with Gasteiger partial charge in [-0.15, -0.1) is 11.3 Å². The highest BCUT2D eigenvalue weighted by atomic mass is 35.5. The first-order valence-electron chi connectivity index (χ1n) is 7.46. The predicted octanol–water partition coefficient (Wildman–Crippen LogP) is 5.78. The van der Waals surface area contributed by atoms with Crippen LogP contribution in [-0.4, -0.2) is 0 Å². The zero-order valence-corrected chi connectivity index (χ0v) is 14.4. The van der Waals surface area contributed by atoms with Gasteiger partial charge in [0, 0.05) is 22.3 Å². The predicted molar refractivity (Wildman–Crippen MR) is 92.7 cm³/mol. The van der Waals surface area contributed by atoms with Crippen molar-refractivity contribution in [2.24, 2.45) is 0 Å². The van der Waals surface area contributed by atoms with Crippen LogP contribution in [-0.2, 0) is 19.4 Å². The number of aryl methyl sites for hydroxylation is 2. The van der Waals surface area contributed by atoms with E-state index >= 15 is 0 Å². The molecule has 1 heterocycles. The van der Waals surface area contributed by atoms with Crippen molar-refractivity contribution in [2.45, 2.75) is 45.2 Å². The van der Waals surface area contributed by atoms with E-state index in [1.807, 2.05) is 23.5 Å². The van der Waals surface area contributed by atoms with Crippen molar-refractivity contribution in [1.29, 1.82) is 0 Å². The number of thiophene rings is 1. The Morgan fingerprint density at radius 3 is 2.76 bits per heavy atom. The van der Waals surface area contributed by atoms with Crippen LogP contribution >= 0.6 is 34.5 Å². The molecule has 1 aromatic heterocycles. The Morgan fingerprint density at radius 1 is 1.19 bits per heavy atom. The Morgan fingerprint density at radius 2 is 2.05 bits per heavy atom. The molecule has 4 heteroatoms. The number of fused-ring (bicyclic) bond motifs is 1. The molecular formula is C17H19Cl2NS. The van der Waals surface area contributed by atoms with E-state index < -0.39 is 0 Å². The Labute approximate surface area is 140 Å². The lowest BCUT2D eigenvalue weighted by molar-refractivity contribution is 0.522. The number of halogens is 2. The molecule has 0 aliphatic heterocycles. The van der Waals surface area contributed by atoms with Gasteiger partial charge in [0.1, 0.15) is 0 Å². The molecule has 21 heavy (non-hydrogen) atoms. The number of hydrogen-bond donors (Lipinski definition) is 1. The van der Waals surface area contributed by atoms with Crippen molar-refractivity contribution in [3.63, 3.8) is 0 Å². The lowest BCUT2D eigenvalue weighted by Crippen LogP contribution is -2.19. The lowest BCUT2D eigenvalue weighted by Gasteiger charge is -2.17. The van der Waals surface area contributed by atoms with Gasteiger partial charge in [-0.25, -0.2) is 0 Å². The van der Waals surface area contributed by atoms with Gasteiger partial charge in [-0.3, -0.25) is 0 Å². The largest absolute Gasteiger partial charge is 0.305 e. The first-order valence-corrected chi connectivity index (χ1v) is 9.03. The van der Waals surface area contributed by atoms with Crippen LogP contribution in [0.1, 0.15) is 46.7 Å². The summed E-state index contributed by atoms with van der Waals surface area (Å²) in [7, 11) is 0. The van der Waals surface area contributed by atoms with Crippen LogP contribution < -0.4 is 5.32 Å². The van der Waals surface area contributed by atoms with Crippen molar-refractivity contribution in [3.8, 4) is 0 Å². The average molecular weight is 340 g/mol. The third-order valence-electron chi connectivity index (χ3n) is 4.07. The summed E-state index contributed by atoms with van der Waals surface area (Å²) in [5, 5.41) is 4.89. The molecule has 0 fully saturated rings. The molecule has 1 nitrogen and oxygen atoms in total. The van der Waals surface area contributed by atoms with E-state index in [0.717, 1.165) is 13.0 Å². The van der Waals surface area contributed by atoms with Crippen molar-refractivity contribution in [1.82, 2.24) is 5.32 Å². The normalized spacial score (nSPS) is 15.2. The molecule has 3 rings (SSSR count). The maximum absolute atomic E-state index is 6.12. The molecule has 2 aromatic rings. The van der Waals surface area contributed by atoms with Gasteiger partial charge in [-0.2, -0.15) is 0 Å². The van der Waals surface area contributed by atoms with Gasteiger partial charge in [-0.05, 0) is 55.0 Å². The fourth-order valence-electron chi connectivity index (χ4n) is 2.93. The van der Waals surface area contributed by atoms with E-state index in [1.165, 1.54) is 29.7 Å². The zero-order valence-electron chi connectivity index (χ0n) is 12.1. The fraction of sp³-hybridized carbons (Fsp3) is 0.412. The quantitative estimate of drug-likeness (QED) is 0.727. The summed E-state index contributed by atoms with van der Waals surface area (Å²) in [6, 6.07) is 8.60. The van der Waals surface area contributed by atoms with Crippen molar-refractivity contribution < 1.29 is 0 Å². The minimum absolute atomic E-state index is 0.316. The maximum Gasteiger partial charge on any atom is 0.0595 e. The van der Waals surface area contributed by atoms with Crippen LogP contribution in [0.4, 0.5) is 0 Å². The summed E-state index contributed by atoms with van der Waals surface area (Å²) in [6.07, 6.45) is 4.89. The molecule has 1 aliphatic rings. The number of hydrogen-bond acceptors (Lipinski definition) is 2. The maximum atomic E-state index is 6.12. The standard InChI is InChI=1S/C17H19Cl2NS/c1-2-16(11-6-7-14(18)15(19)9-11)20-10-13-8-12-4-3-5-17(12)21-13/h6-9,16,20H,2-5,10H2,1H3. The molecule has 1 unspecified atom stereocenters. The third-order valence-corrected chi connectivity index (χ3v) is 6.05. The summed E-state index contributed by atoms with van der Waals surface area (Å²) in [5.41, 5.74) is 2.77. The van der Waals surface area contributed by atoms with Crippen LogP contribution in [0.15, 0.2) is 24.3 Å². The third kappa shape index (κ3) is 3.45. The molecule has 1 aliphatic carbocycles. The Bertz CT molecular complexity index is 614. The van der Waals surface area contributed by atoms with E-state index in [0.29, 0.717) is 16.1 Å². The highest BCUT2D eigenvalue weighted by Crippen LogP contribution is 2.31. The minimum Gasteiger partial charge on any atom is -0.305 e. The fourth-order valence-corrected chi connectivity index (χ4v) is 4.45. The molecule has 112 valence electrons. The monoisotopic (exact) mass is 339 g/mol. The molecule has 1 aromatic carbocycles. The molecular weight excluding hydrogens is 321 g/mol. The van der Waals surface area contributed by atoms with E-state index in [-0.39, 0.29) is 0 Å². The van der Waals surface area contributed by atoms with Crippen LogP contribution in [0.3, 0.4) is 0 Å². The highest BCUT2D eigenvalue weighted by molar-refractivity contribution is 7.12. The zero-order chi connectivity index (χ0) is 14.8. The van der Waals surface area contributed by atoms with Gasteiger partial charge in [-0.1, -0.05) is 36.2 Å². The van der Waals surface area contributed by atoms with Gasteiger partial charge >= 0.3 is 0 Å². The van der Waals surface area contributed by atoms with Crippen molar-refractivity contribution in [2.75, 3.05) is 0 Å². The summed E-state index contributed by atoms with van der Waals surface area (Å²) < 4.78 is 0. The molecule has 0 saturated heterocycles. The van der Waals surface area contributed by atoms with Crippen molar-refractivity contribution in [3.05, 3.63) is 55.2 Å². The highest BCUT2D eigenvalue weighted by Gasteiger charge is 2.16. The van der Waals surface area contributed by atoms with Gasteiger partial charge in [0.15, 0.2) is 0 Å². The van der Waals surface area contributed by atoms with E-state index in [1.54, 1.807) is 10.4 Å². The number of rotatable bonds is 5. The summed E-state index contributed by atoms with van der Waals surface area (Å²) in [4.78, 5) is 3.03. The Kier molecular flexibility index (Phi) is 4.90. The van der Waals surface area contributed by atoms with Crippen LogP contribution in [0.25, 0.3) is 0 Å². The average Bonchev–Trinajstić information content (AvgIpc) is 3.04. The van der Waals surface area contributed by atoms with Gasteiger partial charge < -0.3 is 5.32 Å². The topological polar surface area (TPSA) is 12.0 Å². The second kappa shape index (κ2) is 6.70. The number of nitrogens with one attached hydrogen (secondary N) is 1. The van der Waals surface area contributed by atoms with Crippen LogP contribution in [0.5, 0.6) is 0 Å². The molecule has 0 saturated carbocycles. The molecule has 1 N–H and O–H groups in total. The Hall–Kier alpha value is -0.540. The van der Waals surface area contributed by atoms with Gasteiger partial charge in [0.05, 0.1) is 10.0 Å². The summed E-state index contributed by atoms with van der Waals surface area (Å²) in [6.45, 7) is 3.12. The molecule has 1 atom stereocenters. The summed E-state index contributed by atoms with van der Waals surface area (Å²) >= 11 is 14.1. The molecule has 0 bridgehead atoms. The van der Waals surface area contributed by atoms with Crippen LogP contribution in [0.2, 0.25) is 10.0 Å². The van der Waals surface area contributed by atoms with Crippen LogP contribution in [0, 0.1) is 0 Å². The van der Waals surface area contributed by atoms with Gasteiger partial charge in [0.2, 0.25) is 0 Å². The molecule has 0 radical (unpaired) electrons. The van der Waals surface area contributed by atoms with E-state index in [9.17, 15) is 0 Å². The van der Waals surface area contributed by atoms with E-state index in [2.05, 4.69) is 24.4 Å². The van der Waals surface area contributed by atoms with E-state index in [4.69, 9.17) is 23.2 Å². The molecule has 0 amide bonds. The van der Waals surface area contributed by atoms with Gasteiger partial charge in [0.25, 0.3) is 0 Å². The first-order chi connectivity index (χ1) is 10.2. The lowest BCUT2D eigenvalue weighted by atomic mass is 10.0. The Balaban J connectivity index is 1.67. The first kappa shape index (κ1) is 15.4. The second-order valence-electron chi connectivity index (χ2n) is 5.53. The number of benzene rings is 1. The smallest absolute Gasteiger partial charge is 0.0595 e. The minimum atomic E-state index is 0.316. The molecule has 0 spiro atoms. The SMILES string of the molecule is CCC(NCc1cc2c(s1)CCC2)c1ccc(Cl)c(Cl)c1. The second-order valence-corrected chi connectivity index (χ2v) is 7.57. The summed E-state index contributed by atoms with van der Waals surface area (Å²) in [5.74, 6) is 0.